The summed E-state index contributed by atoms with van der Waals surface area (Å²) in [5, 5.41) is 20.5. The molecular weight excluding hydrogens is 260 g/mol. The van der Waals surface area contributed by atoms with Gasteiger partial charge in [-0.3, -0.25) is 15.2 Å². The summed E-state index contributed by atoms with van der Waals surface area (Å²) in [7, 11) is 0. The number of aromatic nitrogens is 7. The Balaban J connectivity index is 1.55. The molecule has 1 saturated carbocycles. The van der Waals surface area contributed by atoms with Crippen molar-refractivity contribution in [1.82, 2.24) is 35.2 Å². The number of hydrogen-bond donors (Lipinski definition) is 2. The van der Waals surface area contributed by atoms with Crippen molar-refractivity contribution in [3.63, 3.8) is 0 Å². The van der Waals surface area contributed by atoms with E-state index in [0.29, 0.717) is 17.1 Å². The average Bonchev–Trinajstić information content (AvgIpc) is 3.02. The van der Waals surface area contributed by atoms with Gasteiger partial charge in [-0.05, 0) is 35.4 Å². The average molecular weight is 270 g/mol. The molecule has 1 aliphatic rings. The van der Waals surface area contributed by atoms with Gasteiger partial charge in [-0.15, -0.1) is 10.2 Å². The van der Waals surface area contributed by atoms with Crippen molar-refractivity contribution in [1.29, 1.82) is 0 Å². The Labute approximate surface area is 112 Å². The van der Waals surface area contributed by atoms with Crippen molar-refractivity contribution >= 4 is 17.5 Å². The van der Waals surface area contributed by atoms with Crippen LogP contribution in [0.1, 0.15) is 34.9 Å². The third-order valence-electron chi connectivity index (χ3n) is 3.15. The Morgan fingerprint density at radius 3 is 3.15 bits per heavy atom. The van der Waals surface area contributed by atoms with Crippen LogP contribution in [-0.2, 0) is 0 Å². The number of tetrazole rings is 1. The molecule has 0 aromatic carbocycles. The van der Waals surface area contributed by atoms with Crippen LogP contribution in [0, 0.1) is 0 Å². The number of fused-ring (bicyclic) bond motifs is 1. The second-order valence-electron chi connectivity index (χ2n) is 4.67. The van der Waals surface area contributed by atoms with E-state index in [-0.39, 0.29) is 11.9 Å². The molecule has 3 aromatic rings. The molecule has 0 spiro atoms. The number of amides is 1. The summed E-state index contributed by atoms with van der Waals surface area (Å²) in [4.78, 5) is 16.3. The summed E-state index contributed by atoms with van der Waals surface area (Å²) < 4.78 is 1.43. The molecule has 9 nitrogen and oxygen atoms in total. The number of aromatic amines is 1. The van der Waals surface area contributed by atoms with Crippen LogP contribution in [-0.4, -0.2) is 41.1 Å². The van der Waals surface area contributed by atoms with Crippen LogP contribution < -0.4 is 5.32 Å². The lowest BCUT2D eigenvalue weighted by Crippen LogP contribution is -2.13. The normalized spacial score (nSPS) is 14.6. The molecule has 1 aliphatic carbocycles. The highest BCUT2D eigenvalue weighted by Crippen LogP contribution is 2.38. The highest BCUT2D eigenvalue weighted by molar-refractivity contribution is 6.03. The number of carbonyl (C=O) groups is 1. The molecule has 0 saturated heterocycles. The van der Waals surface area contributed by atoms with Gasteiger partial charge in [0.2, 0.25) is 5.95 Å². The van der Waals surface area contributed by atoms with Gasteiger partial charge in [0, 0.05) is 12.1 Å². The molecule has 0 radical (unpaired) electrons. The number of pyridine rings is 1. The highest BCUT2D eigenvalue weighted by atomic mass is 16.1. The standard InChI is InChI=1S/C11H10N8O/c20-10(7-3-4-8-14-17-18-19(8)5-7)13-11-12-9(15-16-11)6-1-2-6/h3-6H,1-2H2,(H2,12,13,15,16,20). The summed E-state index contributed by atoms with van der Waals surface area (Å²) in [6, 6.07) is 3.32. The minimum absolute atomic E-state index is 0.286. The number of carbonyl (C=O) groups excluding carboxylic acids is 1. The van der Waals surface area contributed by atoms with E-state index in [9.17, 15) is 4.79 Å². The molecule has 9 heteroatoms. The predicted octanol–water partition coefficient (Wildman–Crippen LogP) is 0.372. The molecule has 0 atom stereocenters. The van der Waals surface area contributed by atoms with Crippen LogP contribution in [0.4, 0.5) is 5.95 Å². The van der Waals surface area contributed by atoms with Crippen molar-refractivity contribution in [2.45, 2.75) is 18.8 Å². The lowest BCUT2D eigenvalue weighted by Gasteiger charge is -2.00. The number of anilines is 1. The maximum Gasteiger partial charge on any atom is 0.259 e. The fourth-order valence-electron chi connectivity index (χ4n) is 1.92. The molecule has 1 amide bonds. The van der Waals surface area contributed by atoms with E-state index in [4.69, 9.17) is 0 Å². The number of nitrogens with one attached hydrogen (secondary N) is 2. The molecule has 20 heavy (non-hydrogen) atoms. The molecule has 3 heterocycles. The molecule has 4 rings (SSSR count). The van der Waals surface area contributed by atoms with Gasteiger partial charge in [0.25, 0.3) is 5.91 Å². The van der Waals surface area contributed by atoms with E-state index >= 15 is 0 Å². The Morgan fingerprint density at radius 2 is 2.30 bits per heavy atom. The molecular formula is C11H10N8O. The maximum absolute atomic E-state index is 12.1. The maximum atomic E-state index is 12.1. The zero-order valence-electron chi connectivity index (χ0n) is 10.3. The molecule has 0 aliphatic heterocycles. The fourth-order valence-corrected chi connectivity index (χ4v) is 1.92. The Hall–Kier alpha value is -2.84. The first kappa shape index (κ1) is 11.0. The monoisotopic (exact) mass is 270 g/mol. The summed E-state index contributed by atoms with van der Waals surface area (Å²) in [5.41, 5.74) is 1.01. The van der Waals surface area contributed by atoms with Gasteiger partial charge in [-0.25, -0.2) is 0 Å². The van der Waals surface area contributed by atoms with Crippen LogP contribution in [0.5, 0.6) is 0 Å². The smallest absolute Gasteiger partial charge is 0.259 e. The van der Waals surface area contributed by atoms with Crippen molar-refractivity contribution in [2.75, 3.05) is 5.32 Å². The summed E-state index contributed by atoms with van der Waals surface area (Å²) >= 11 is 0. The number of hydrogen-bond acceptors (Lipinski definition) is 6. The van der Waals surface area contributed by atoms with Gasteiger partial charge >= 0.3 is 0 Å². The van der Waals surface area contributed by atoms with Crippen LogP contribution in [0.15, 0.2) is 18.3 Å². The Morgan fingerprint density at radius 1 is 1.40 bits per heavy atom. The number of rotatable bonds is 3. The van der Waals surface area contributed by atoms with Crippen molar-refractivity contribution < 1.29 is 4.79 Å². The first-order valence-electron chi connectivity index (χ1n) is 6.21. The van der Waals surface area contributed by atoms with Gasteiger partial charge in [-0.1, -0.05) is 0 Å². The molecule has 2 N–H and O–H groups in total. The first-order chi connectivity index (χ1) is 9.79. The van der Waals surface area contributed by atoms with E-state index < -0.39 is 0 Å². The Kier molecular flexibility index (Phi) is 2.25. The van der Waals surface area contributed by atoms with Crippen LogP contribution in [0.2, 0.25) is 0 Å². The molecule has 0 unspecified atom stereocenters. The van der Waals surface area contributed by atoms with Crippen LogP contribution >= 0.6 is 0 Å². The lowest BCUT2D eigenvalue weighted by atomic mass is 10.2. The highest BCUT2D eigenvalue weighted by Gasteiger charge is 2.27. The summed E-state index contributed by atoms with van der Waals surface area (Å²) in [5.74, 6) is 1.28. The topological polar surface area (TPSA) is 114 Å². The van der Waals surface area contributed by atoms with Crippen LogP contribution in [0.25, 0.3) is 5.65 Å². The van der Waals surface area contributed by atoms with Crippen LogP contribution in [0.3, 0.4) is 0 Å². The van der Waals surface area contributed by atoms with E-state index in [1.807, 2.05) is 0 Å². The van der Waals surface area contributed by atoms with Gasteiger partial charge in [0.1, 0.15) is 5.82 Å². The number of nitrogens with zero attached hydrogens (tertiary/aromatic N) is 6. The SMILES string of the molecule is O=C(Nc1n[nH]c(C2CC2)n1)c1ccc2nnnn2c1. The van der Waals surface area contributed by atoms with Crippen molar-refractivity contribution in [2.24, 2.45) is 0 Å². The zero-order valence-corrected chi connectivity index (χ0v) is 10.3. The van der Waals surface area contributed by atoms with E-state index in [0.717, 1.165) is 18.7 Å². The minimum atomic E-state index is -0.302. The fraction of sp³-hybridized carbons (Fsp3) is 0.273. The predicted molar refractivity (Wildman–Crippen MR) is 67.1 cm³/mol. The number of H-pyrrole nitrogens is 1. The quantitative estimate of drug-likeness (QED) is 0.710. The summed E-state index contributed by atoms with van der Waals surface area (Å²) in [6.07, 6.45) is 3.80. The lowest BCUT2D eigenvalue weighted by molar-refractivity contribution is 0.102. The van der Waals surface area contributed by atoms with Gasteiger partial charge < -0.3 is 0 Å². The second-order valence-corrected chi connectivity index (χ2v) is 4.67. The van der Waals surface area contributed by atoms with E-state index in [1.165, 1.54) is 4.52 Å². The zero-order chi connectivity index (χ0) is 13.5. The second kappa shape index (κ2) is 4.08. The van der Waals surface area contributed by atoms with Gasteiger partial charge in [0.15, 0.2) is 5.65 Å². The third kappa shape index (κ3) is 1.88. The largest absolute Gasteiger partial charge is 0.289 e. The van der Waals surface area contributed by atoms with Crippen molar-refractivity contribution in [3.05, 3.63) is 29.7 Å². The first-order valence-corrected chi connectivity index (χ1v) is 6.21. The van der Waals surface area contributed by atoms with Gasteiger partial charge in [0.05, 0.1) is 5.56 Å². The minimum Gasteiger partial charge on any atom is -0.289 e. The molecule has 3 aromatic heterocycles. The third-order valence-corrected chi connectivity index (χ3v) is 3.15. The summed E-state index contributed by atoms with van der Waals surface area (Å²) in [6.45, 7) is 0. The Bertz CT molecular complexity index is 786. The molecule has 1 fully saturated rings. The van der Waals surface area contributed by atoms with Gasteiger partial charge in [-0.2, -0.15) is 9.50 Å². The van der Waals surface area contributed by atoms with Crippen molar-refractivity contribution in [3.8, 4) is 0 Å². The van der Waals surface area contributed by atoms with E-state index in [1.54, 1.807) is 18.3 Å². The van der Waals surface area contributed by atoms with E-state index in [2.05, 4.69) is 36.0 Å². The molecule has 100 valence electrons. The molecule has 0 bridgehead atoms.